The first kappa shape index (κ1) is 16.4. The summed E-state index contributed by atoms with van der Waals surface area (Å²) in [5, 5.41) is 5.97. The molecule has 1 aromatic carbocycles. The summed E-state index contributed by atoms with van der Waals surface area (Å²) < 4.78 is 4.64. The maximum absolute atomic E-state index is 12.6. The quantitative estimate of drug-likeness (QED) is 0.738. The molecule has 0 radical (unpaired) electrons. The molecule has 1 atom stereocenters. The zero-order valence-electron chi connectivity index (χ0n) is 13.5. The van der Waals surface area contributed by atoms with E-state index in [0.29, 0.717) is 5.69 Å². The number of carbonyl (C=O) groups is 2. The number of hydrogen-bond acceptors (Lipinski definition) is 5. The van der Waals surface area contributed by atoms with Gasteiger partial charge in [0.05, 0.1) is 11.7 Å². The monoisotopic (exact) mass is 336 g/mol. The molecule has 2 aromatic heterocycles. The van der Waals surface area contributed by atoms with Gasteiger partial charge in [0.2, 0.25) is 0 Å². The summed E-state index contributed by atoms with van der Waals surface area (Å²) in [4.78, 5) is 30.5. The molecule has 0 aliphatic carbocycles. The van der Waals surface area contributed by atoms with Crippen molar-refractivity contribution in [2.24, 2.45) is 0 Å². The van der Waals surface area contributed by atoms with E-state index < -0.39 is 17.9 Å². The van der Waals surface area contributed by atoms with Gasteiger partial charge in [-0.15, -0.1) is 0 Å². The van der Waals surface area contributed by atoms with Crippen molar-refractivity contribution in [3.63, 3.8) is 0 Å². The van der Waals surface area contributed by atoms with Crippen LogP contribution in [-0.2, 0) is 9.59 Å². The first-order valence-corrected chi connectivity index (χ1v) is 7.61. The van der Waals surface area contributed by atoms with E-state index in [1.54, 1.807) is 19.3 Å². The van der Waals surface area contributed by atoms with Crippen LogP contribution >= 0.6 is 0 Å². The lowest BCUT2D eigenvalue weighted by atomic mass is 10.0. The second-order valence-corrected chi connectivity index (χ2v) is 5.32. The summed E-state index contributed by atoms with van der Waals surface area (Å²) >= 11 is 0. The average molecular weight is 336 g/mol. The Morgan fingerprint density at radius 2 is 1.84 bits per heavy atom. The summed E-state index contributed by atoms with van der Waals surface area (Å²) in [6, 6.07) is 15.8. The van der Waals surface area contributed by atoms with E-state index in [0.717, 1.165) is 5.56 Å². The number of hydrogen-bond donors (Lipinski definition) is 1. The van der Waals surface area contributed by atoms with Crippen molar-refractivity contribution >= 4 is 17.6 Å². The van der Waals surface area contributed by atoms with Crippen LogP contribution in [0.25, 0.3) is 0 Å². The number of nitrogens with zero attached hydrogens (tertiary/aromatic N) is 3. The Bertz CT molecular complexity index is 796. The predicted molar refractivity (Wildman–Crippen MR) is 90.4 cm³/mol. The maximum atomic E-state index is 12.6. The van der Waals surface area contributed by atoms with Crippen molar-refractivity contribution in [3.8, 4) is 0 Å². The fourth-order valence-electron chi connectivity index (χ4n) is 2.49. The van der Waals surface area contributed by atoms with Crippen LogP contribution in [0, 0.1) is 0 Å². The van der Waals surface area contributed by atoms with E-state index in [2.05, 4.69) is 20.0 Å². The van der Waals surface area contributed by atoms with Gasteiger partial charge in [-0.1, -0.05) is 41.6 Å². The molecule has 0 aliphatic rings. The van der Waals surface area contributed by atoms with E-state index in [1.165, 1.54) is 17.2 Å². The standard InChI is InChI=1S/C18H16N4O3/c1-22(18(24)17(23)20-15-10-12-25-21-15)16(13-7-3-2-4-8-13)14-9-5-6-11-19-14/h2-12,16H,1H3,(H,20,21,23)/t16-/m1/s1. The first-order valence-electron chi connectivity index (χ1n) is 7.61. The van der Waals surface area contributed by atoms with Crippen LogP contribution in [0.4, 0.5) is 5.82 Å². The number of benzene rings is 1. The van der Waals surface area contributed by atoms with Crippen LogP contribution in [0.3, 0.4) is 0 Å². The van der Waals surface area contributed by atoms with Crippen LogP contribution < -0.4 is 5.32 Å². The highest BCUT2D eigenvalue weighted by Crippen LogP contribution is 2.26. The molecule has 0 saturated carbocycles. The fourth-order valence-corrected chi connectivity index (χ4v) is 2.49. The van der Waals surface area contributed by atoms with Gasteiger partial charge in [0.15, 0.2) is 5.82 Å². The summed E-state index contributed by atoms with van der Waals surface area (Å²) in [5.41, 5.74) is 1.52. The summed E-state index contributed by atoms with van der Waals surface area (Å²) in [7, 11) is 1.57. The summed E-state index contributed by atoms with van der Waals surface area (Å²) in [5.74, 6) is -1.32. The third-order valence-corrected chi connectivity index (χ3v) is 3.66. The molecule has 7 nitrogen and oxygen atoms in total. The molecule has 126 valence electrons. The van der Waals surface area contributed by atoms with Gasteiger partial charge < -0.3 is 9.42 Å². The van der Waals surface area contributed by atoms with Gasteiger partial charge in [0.1, 0.15) is 6.26 Å². The summed E-state index contributed by atoms with van der Waals surface area (Å²) in [6.07, 6.45) is 2.96. The first-order chi connectivity index (χ1) is 12.2. The van der Waals surface area contributed by atoms with Gasteiger partial charge in [-0.05, 0) is 17.7 Å². The number of rotatable bonds is 4. The smallest absolute Gasteiger partial charge is 0.315 e. The summed E-state index contributed by atoms with van der Waals surface area (Å²) in [6.45, 7) is 0. The number of anilines is 1. The molecule has 3 rings (SSSR count). The van der Waals surface area contributed by atoms with Crippen molar-refractivity contribution < 1.29 is 14.1 Å². The van der Waals surface area contributed by atoms with Crippen molar-refractivity contribution in [2.45, 2.75) is 6.04 Å². The number of carbonyl (C=O) groups excluding carboxylic acids is 2. The second kappa shape index (κ2) is 7.39. The second-order valence-electron chi connectivity index (χ2n) is 5.32. The molecule has 0 unspecified atom stereocenters. The molecule has 0 spiro atoms. The number of pyridine rings is 1. The molecular weight excluding hydrogens is 320 g/mol. The topological polar surface area (TPSA) is 88.3 Å². The van der Waals surface area contributed by atoms with Crippen LogP contribution in [0.2, 0.25) is 0 Å². The minimum absolute atomic E-state index is 0.181. The molecule has 2 heterocycles. The van der Waals surface area contributed by atoms with E-state index in [4.69, 9.17) is 0 Å². The van der Waals surface area contributed by atoms with Crippen LogP contribution in [0.5, 0.6) is 0 Å². The lowest BCUT2D eigenvalue weighted by Crippen LogP contribution is -2.40. The van der Waals surface area contributed by atoms with Crippen LogP contribution in [0.15, 0.2) is 71.6 Å². The molecule has 2 amide bonds. The SMILES string of the molecule is CN(C(=O)C(=O)Nc1ccon1)[C@H](c1ccccc1)c1ccccn1. The molecule has 0 bridgehead atoms. The molecule has 25 heavy (non-hydrogen) atoms. The Morgan fingerprint density at radius 3 is 2.48 bits per heavy atom. The van der Waals surface area contributed by atoms with Crippen LogP contribution in [0.1, 0.15) is 17.3 Å². The predicted octanol–water partition coefficient (Wildman–Crippen LogP) is 2.26. The largest absolute Gasteiger partial charge is 0.363 e. The number of nitrogens with one attached hydrogen (secondary N) is 1. The van der Waals surface area contributed by atoms with Gasteiger partial charge in [-0.25, -0.2) is 0 Å². The van der Waals surface area contributed by atoms with E-state index >= 15 is 0 Å². The van der Waals surface area contributed by atoms with E-state index in [9.17, 15) is 9.59 Å². The highest BCUT2D eigenvalue weighted by atomic mass is 16.5. The fraction of sp³-hybridized carbons (Fsp3) is 0.111. The molecule has 0 saturated heterocycles. The van der Waals surface area contributed by atoms with Gasteiger partial charge in [0, 0.05) is 19.3 Å². The third kappa shape index (κ3) is 3.72. The normalized spacial score (nSPS) is 11.6. The highest BCUT2D eigenvalue weighted by Gasteiger charge is 2.29. The Hall–Kier alpha value is -3.48. The number of aromatic nitrogens is 2. The van der Waals surface area contributed by atoms with Gasteiger partial charge in [-0.2, -0.15) is 0 Å². The van der Waals surface area contributed by atoms with Crippen molar-refractivity contribution in [2.75, 3.05) is 12.4 Å². The molecule has 0 aliphatic heterocycles. The minimum Gasteiger partial charge on any atom is -0.363 e. The number of amides is 2. The van der Waals surface area contributed by atoms with Gasteiger partial charge in [0.25, 0.3) is 0 Å². The molecule has 1 N–H and O–H groups in total. The van der Waals surface area contributed by atoms with Crippen molar-refractivity contribution in [3.05, 3.63) is 78.3 Å². The van der Waals surface area contributed by atoms with E-state index in [1.807, 2.05) is 42.5 Å². The Balaban J connectivity index is 1.87. The maximum Gasteiger partial charge on any atom is 0.315 e. The van der Waals surface area contributed by atoms with E-state index in [-0.39, 0.29) is 5.82 Å². The van der Waals surface area contributed by atoms with Gasteiger partial charge >= 0.3 is 11.8 Å². The molecule has 0 fully saturated rings. The Morgan fingerprint density at radius 1 is 1.08 bits per heavy atom. The zero-order valence-corrected chi connectivity index (χ0v) is 13.5. The zero-order chi connectivity index (χ0) is 17.6. The average Bonchev–Trinajstić information content (AvgIpc) is 3.16. The lowest BCUT2D eigenvalue weighted by molar-refractivity contribution is -0.143. The molecule has 7 heteroatoms. The van der Waals surface area contributed by atoms with Crippen LogP contribution in [-0.4, -0.2) is 33.9 Å². The highest BCUT2D eigenvalue weighted by molar-refractivity contribution is 6.39. The molecule has 3 aromatic rings. The molecular formula is C18H16N4O3. The Kier molecular flexibility index (Phi) is 4.84. The lowest BCUT2D eigenvalue weighted by Gasteiger charge is -2.27. The Labute approximate surface area is 144 Å². The minimum atomic E-state index is -0.798. The van der Waals surface area contributed by atoms with Crippen molar-refractivity contribution in [1.29, 1.82) is 0 Å². The van der Waals surface area contributed by atoms with Crippen molar-refractivity contribution in [1.82, 2.24) is 15.0 Å². The van der Waals surface area contributed by atoms with Gasteiger partial charge in [-0.3, -0.25) is 19.9 Å². The number of likely N-dealkylation sites (N-methyl/N-ethyl adjacent to an activating group) is 1. The third-order valence-electron chi connectivity index (χ3n) is 3.66.